The van der Waals surface area contributed by atoms with Crippen LogP contribution >= 0.6 is 0 Å². The van der Waals surface area contributed by atoms with E-state index < -0.39 is 0 Å². The summed E-state index contributed by atoms with van der Waals surface area (Å²) in [4.78, 5) is 0. The molecule has 2 aromatic rings. The first-order valence-corrected chi connectivity index (χ1v) is 21.3. The second-order valence-electron chi connectivity index (χ2n) is 14.8. The van der Waals surface area contributed by atoms with Crippen LogP contribution in [0.5, 0.6) is 0 Å². The van der Waals surface area contributed by atoms with Gasteiger partial charge in [0.05, 0.1) is 0 Å². The molecular formula is C61H56. The number of rotatable bonds is 11. The highest BCUT2D eigenvalue weighted by Gasteiger charge is 2.26. The van der Waals surface area contributed by atoms with Gasteiger partial charge in [0.25, 0.3) is 0 Å². The highest BCUT2D eigenvalue weighted by Crippen LogP contribution is 2.39. The maximum Gasteiger partial charge on any atom is 0.0249 e. The lowest BCUT2D eigenvalue weighted by Crippen LogP contribution is -2.28. The predicted molar refractivity (Wildman–Crippen MR) is 271 cm³/mol. The first kappa shape index (κ1) is 43.3. The molecule has 0 radical (unpaired) electrons. The molecule has 0 saturated heterocycles. The molecule has 0 N–H and O–H groups in total. The Morgan fingerprint density at radius 3 is 2.25 bits per heavy atom. The lowest BCUT2D eigenvalue weighted by molar-refractivity contribution is 0.816. The molecule has 0 saturated carbocycles. The number of hydrogen-bond donors (Lipinski definition) is 0. The van der Waals surface area contributed by atoms with Gasteiger partial charge in [0.2, 0.25) is 0 Å². The van der Waals surface area contributed by atoms with Gasteiger partial charge in [0.1, 0.15) is 0 Å². The topological polar surface area (TPSA) is 0 Å². The first-order chi connectivity index (χ1) is 30.1. The van der Waals surface area contributed by atoms with Crippen LogP contribution in [0, 0.1) is 11.8 Å². The van der Waals surface area contributed by atoms with Crippen molar-refractivity contribution in [3.05, 3.63) is 299 Å². The molecule has 4 aliphatic rings. The van der Waals surface area contributed by atoms with E-state index in [-0.39, 0.29) is 5.92 Å². The van der Waals surface area contributed by atoms with Gasteiger partial charge in [-0.15, -0.1) is 0 Å². The summed E-state index contributed by atoms with van der Waals surface area (Å²) in [5.41, 5.74) is 11.2. The van der Waals surface area contributed by atoms with Crippen molar-refractivity contribution in [3.63, 3.8) is 0 Å². The van der Waals surface area contributed by atoms with Gasteiger partial charge in [-0.05, 0) is 97.7 Å². The van der Waals surface area contributed by atoms with Gasteiger partial charge < -0.3 is 0 Å². The molecule has 6 rings (SSSR count). The summed E-state index contributed by atoms with van der Waals surface area (Å²) in [6.45, 7) is 12.7. The molecule has 0 fully saturated rings. The standard InChI is InChI=1S/C61H56/c1-5-8-11-19-30-48(4)43-56(39-20-12-9-6-2)61-58(55-37-23-16-14-13-15-21-32-50-33-25-27-36-53(50)47-55)41-24-18-17-22-34-52(31-10-7-3)60(61)46-49-44-54-38-28-26-35-51-40-29-42-57(51)59(54)45-49/h6-47,51,59H,2,4-5H2,1,3H3/b10-7-,11-8-,12-9+,14-13?,15-13+,16-14-,18-17?,21-15?,23-16?,30-19-,32-21-,34-22?,35-26-,37-23-,38-28-,39-20-,41-24?,50-32?,52-31-,53-47?,55-37?,55-47+,56-43+,60-46?,61-58?. The van der Waals surface area contributed by atoms with E-state index in [2.05, 4.69) is 264 Å². The zero-order chi connectivity index (χ0) is 42.5. The van der Waals surface area contributed by atoms with E-state index in [0.717, 1.165) is 61.4 Å². The maximum absolute atomic E-state index is 4.56. The summed E-state index contributed by atoms with van der Waals surface area (Å²) in [7, 11) is 0. The molecule has 0 spiro atoms. The minimum absolute atomic E-state index is 0.184. The van der Waals surface area contributed by atoms with Crippen LogP contribution < -0.4 is 10.4 Å². The molecule has 2 aromatic carbocycles. The molecule has 4 aliphatic carbocycles. The summed E-state index contributed by atoms with van der Waals surface area (Å²) in [6.07, 6.45) is 70.1. The molecule has 0 heterocycles. The van der Waals surface area contributed by atoms with Crippen molar-refractivity contribution in [2.45, 2.75) is 20.3 Å². The van der Waals surface area contributed by atoms with E-state index in [1.807, 2.05) is 12.2 Å². The van der Waals surface area contributed by atoms with Gasteiger partial charge >= 0.3 is 0 Å². The molecule has 300 valence electrons. The SMILES string of the molecule is C=C/C=C/C=C\C(=C/C(=C)/C=C\C=C/CC)c1c(C2=C\c3ccccc3\C=C/C=C/C=C\C=C/2)cccccc/c(=C/C=C\C)c1=CC1=CC2C(=C1)/C=C\C=C/C1C=CC=C12. The molecule has 2 atom stereocenters. The average Bonchev–Trinajstić information content (AvgIpc) is 3.89. The van der Waals surface area contributed by atoms with E-state index in [9.17, 15) is 0 Å². The Balaban J connectivity index is 1.82. The highest BCUT2D eigenvalue weighted by molar-refractivity contribution is 5.95. The Labute approximate surface area is 364 Å². The Kier molecular flexibility index (Phi) is 16.6. The summed E-state index contributed by atoms with van der Waals surface area (Å²) in [5, 5.41) is 2.15. The zero-order valence-electron chi connectivity index (χ0n) is 35.5. The van der Waals surface area contributed by atoms with E-state index >= 15 is 0 Å². The molecule has 0 amide bonds. The van der Waals surface area contributed by atoms with Crippen LogP contribution in [0.2, 0.25) is 0 Å². The molecule has 61 heavy (non-hydrogen) atoms. The normalized spacial score (nSPS) is 23.1. The largest absolute Gasteiger partial charge is 0.0991 e. The highest BCUT2D eigenvalue weighted by atomic mass is 14.3. The Hall–Kier alpha value is -7.28. The summed E-state index contributed by atoms with van der Waals surface area (Å²) in [5.74, 6) is 0.474. The third-order valence-corrected chi connectivity index (χ3v) is 10.4. The Morgan fingerprint density at radius 2 is 1.43 bits per heavy atom. The summed E-state index contributed by atoms with van der Waals surface area (Å²) in [6, 6.07) is 21.5. The van der Waals surface area contributed by atoms with Crippen LogP contribution in [0.25, 0.3) is 35.5 Å². The number of allylic oxidation sites excluding steroid dienone is 34. The third-order valence-electron chi connectivity index (χ3n) is 10.4. The van der Waals surface area contributed by atoms with Crippen molar-refractivity contribution < 1.29 is 0 Å². The van der Waals surface area contributed by atoms with Gasteiger partial charge in [0.15, 0.2) is 0 Å². The van der Waals surface area contributed by atoms with Crippen LogP contribution in [0.15, 0.2) is 266 Å². The molecule has 0 heteroatoms. The molecule has 0 aliphatic heterocycles. The Morgan fingerprint density at radius 1 is 0.689 bits per heavy atom. The fraction of sp³-hybridized carbons (Fsp3) is 0.0820. The predicted octanol–water partition coefficient (Wildman–Crippen LogP) is 14.7. The van der Waals surface area contributed by atoms with E-state index in [0.29, 0.717) is 5.92 Å². The van der Waals surface area contributed by atoms with Crippen molar-refractivity contribution in [2.75, 3.05) is 0 Å². The second-order valence-corrected chi connectivity index (χ2v) is 14.8. The summed E-state index contributed by atoms with van der Waals surface area (Å²) >= 11 is 0. The smallest absolute Gasteiger partial charge is 0.0249 e. The van der Waals surface area contributed by atoms with Crippen LogP contribution in [0.3, 0.4) is 0 Å². The van der Waals surface area contributed by atoms with Crippen LogP contribution in [0.4, 0.5) is 0 Å². The van der Waals surface area contributed by atoms with Gasteiger partial charge in [-0.3, -0.25) is 0 Å². The van der Waals surface area contributed by atoms with E-state index in [4.69, 9.17) is 0 Å². The van der Waals surface area contributed by atoms with Crippen molar-refractivity contribution in [2.24, 2.45) is 11.8 Å². The minimum Gasteiger partial charge on any atom is -0.0991 e. The van der Waals surface area contributed by atoms with Gasteiger partial charge in [-0.2, -0.15) is 0 Å². The number of fused-ring (bicyclic) bond motifs is 4. The van der Waals surface area contributed by atoms with Crippen molar-refractivity contribution >= 4 is 35.5 Å². The lowest BCUT2D eigenvalue weighted by Gasteiger charge is -2.19. The quantitative estimate of drug-likeness (QED) is 0.199. The Bertz CT molecular complexity index is 2690. The second kappa shape index (κ2) is 23.3. The number of benzene rings is 1. The van der Waals surface area contributed by atoms with Crippen LogP contribution in [-0.2, 0) is 0 Å². The molecule has 0 bridgehead atoms. The maximum atomic E-state index is 4.56. The average molecular weight is 789 g/mol. The fourth-order valence-electron chi connectivity index (χ4n) is 7.51. The fourth-order valence-corrected chi connectivity index (χ4v) is 7.51. The zero-order valence-corrected chi connectivity index (χ0v) is 35.5. The molecular weight excluding hydrogens is 733 g/mol. The first-order valence-electron chi connectivity index (χ1n) is 21.3. The number of hydrogen-bond acceptors (Lipinski definition) is 0. The van der Waals surface area contributed by atoms with Gasteiger partial charge in [-0.1, -0.05) is 257 Å². The van der Waals surface area contributed by atoms with E-state index in [1.54, 1.807) is 6.08 Å². The van der Waals surface area contributed by atoms with Crippen LogP contribution in [-0.4, -0.2) is 0 Å². The third kappa shape index (κ3) is 12.4. The molecule has 0 nitrogen and oxygen atoms in total. The van der Waals surface area contributed by atoms with Gasteiger partial charge in [-0.25, -0.2) is 0 Å². The lowest BCUT2D eigenvalue weighted by atomic mass is 9.85. The van der Waals surface area contributed by atoms with Crippen molar-refractivity contribution in [3.8, 4) is 0 Å². The van der Waals surface area contributed by atoms with E-state index in [1.165, 1.54) is 11.1 Å². The van der Waals surface area contributed by atoms with Gasteiger partial charge in [0, 0.05) is 11.8 Å². The van der Waals surface area contributed by atoms with Crippen LogP contribution in [0.1, 0.15) is 42.5 Å². The van der Waals surface area contributed by atoms with Crippen molar-refractivity contribution in [1.82, 2.24) is 0 Å². The van der Waals surface area contributed by atoms with Crippen molar-refractivity contribution in [1.29, 1.82) is 0 Å². The molecule has 2 unspecified atom stereocenters. The molecule has 0 aromatic heterocycles. The minimum atomic E-state index is 0.184. The monoisotopic (exact) mass is 788 g/mol. The summed E-state index contributed by atoms with van der Waals surface area (Å²) < 4.78 is 0.